The monoisotopic (exact) mass is 350 g/mol. The molecule has 2 rings (SSSR count). The predicted octanol–water partition coefficient (Wildman–Crippen LogP) is 4.08. The Morgan fingerprint density at radius 3 is 2.87 bits per heavy atom. The van der Waals surface area contributed by atoms with E-state index in [-0.39, 0.29) is 6.10 Å². The van der Waals surface area contributed by atoms with E-state index >= 15 is 0 Å². The predicted molar refractivity (Wildman–Crippen MR) is 74.6 cm³/mol. The molecule has 2 aromatic heterocycles. The standard InChI is InChI=1S/C11H11IOS2/c12-11-6-8(7-15-11)10(13)4-3-9-2-1-5-14-9/h1-2,5-7,10,13H,3-4H2. The van der Waals surface area contributed by atoms with E-state index in [4.69, 9.17) is 0 Å². The molecule has 2 heterocycles. The quantitative estimate of drug-likeness (QED) is 0.824. The zero-order chi connectivity index (χ0) is 10.7. The lowest BCUT2D eigenvalue weighted by Crippen LogP contribution is -1.96. The van der Waals surface area contributed by atoms with Crippen molar-refractivity contribution in [3.8, 4) is 0 Å². The highest BCUT2D eigenvalue weighted by molar-refractivity contribution is 14.1. The van der Waals surface area contributed by atoms with Crippen molar-refractivity contribution in [2.45, 2.75) is 18.9 Å². The van der Waals surface area contributed by atoms with Gasteiger partial charge in [0.1, 0.15) is 0 Å². The van der Waals surface area contributed by atoms with Crippen molar-refractivity contribution in [3.63, 3.8) is 0 Å². The van der Waals surface area contributed by atoms with E-state index in [0.717, 1.165) is 18.4 Å². The molecule has 0 amide bonds. The van der Waals surface area contributed by atoms with Crippen molar-refractivity contribution in [3.05, 3.63) is 42.3 Å². The molecule has 0 bridgehead atoms. The number of rotatable bonds is 4. The maximum absolute atomic E-state index is 9.94. The maximum Gasteiger partial charge on any atom is 0.0801 e. The third-order valence-corrected chi connectivity index (χ3v) is 4.96. The molecule has 0 saturated carbocycles. The first kappa shape index (κ1) is 11.6. The molecule has 0 aliphatic carbocycles. The Labute approximate surface area is 111 Å². The van der Waals surface area contributed by atoms with Crippen LogP contribution in [0, 0.1) is 2.88 Å². The first-order valence-corrected chi connectivity index (χ1v) is 7.54. The van der Waals surface area contributed by atoms with Gasteiger partial charge in [-0.05, 0) is 63.9 Å². The number of aliphatic hydroxyl groups excluding tert-OH is 1. The lowest BCUT2D eigenvalue weighted by atomic mass is 10.1. The van der Waals surface area contributed by atoms with Crippen LogP contribution in [-0.2, 0) is 6.42 Å². The molecular formula is C11H11IOS2. The van der Waals surface area contributed by atoms with Gasteiger partial charge in [-0.2, -0.15) is 0 Å². The van der Waals surface area contributed by atoms with Crippen LogP contribution in [0.25, 0.3) is 0 Å². The van der Waals surface area contributed by atoms with E-state index in [1.165, 1.54) is 7.76 Å². The van der Waals surface area contributed by atoms with Gasteiger partial charge in [0.15, 0.2) is 0 Å². The third-order valence-electron chi connectivity index (χ3n) is 2.22. The second-order valence-electron chi connectivity index (χ2n) is 3.32. The summed E-state index contributed by atoms with van der Waals surface area (Å²) < 4.78 is 1.23. The van der Waals surface area contributed by atoms with E-state index < -0.39 is 0 Å². The fourth-order valence-corrected chi connectivity index (χ4v) is 3.54. The van der Waals surface area contributed by atoms with Crippen molar-refractivity contribution < 1.29 is 5.11 Å². The molecular weight excluding hydrogens is 339 g/mol. The Morgan fingerprint density at radius 1 is 1.40 bits per heavy atom. The Balaban J connectivity index is 1.90. The molecule has 15 heavy (non-hydrogen) atoms. The fraction of sp³-hybridized carbons (Fsp3) is 0.273. The van der Waals surface area contributed by atoms with Gasteiger partial charge in [-0.25, -0.2) is 0 Å². The van der Waals surface area contributed by atoms with Crippen LogP contribution in [0.2, 0.25) is 0 Å². The highest BCUT2D eigenvalue weighted by Gasteiger charge is 2.09. The summed E-state index contributed by atoms with van der Waals surface area (Å²) in [5.41, 5.74) is 1.06. The molecule has 0 spiro atoms. The average Bonchev–Trinajstić information content (AvgIpc) is 2.84. The van der Waals surface area contributed by atoms with Crippen LogP contribution >= 0.6 is 45.3 Å². The van der Waals surface area contributed by atoms with E-state index in [9.17, 15) is 5.11 Å². The van der Waals surface area contributed by atoms with Gasteiger partial charge in [0, 0.05) is 4.88 Å². The number of aryl methyl sites for hydroxylation is 1. The van der Waals surface area contributed by atoms with E-state index in [1.54, 1.807) is 22.7 Å². The van der Waals surface area contributed by atoms with Crippen molar-refractivity contribution in [1.29, 1.82) is 0 Å². The summed E-state index contributed by atoms with van der Waals surface area (Å²) in [5.74, 6) is 0. The van der Waals surface area contributed by atoms with Crippen molar-refractivity contribution in [1.82, 2.24) is 0 Å². The zero-order valence-corrected chi connectivity index (χ0v) is 11.8. The lowest BCUT2D eigenvalue weighted by Gasteiger charge is -2.07. The van der Waals surface area contributed by atoms with Gasteiger partial charge in [-0.1, -0.05) is 6.07 Å². The Kier molecular flexibility index (Phi) is 4.19. The van der Waals surface area contributed by atoms with Crippen molar-refractivity contribution in [2.75, 3.05) is 0 Å². The molecule has 0 aromatic carbocycles. The minimum atomic E-state index is -0.313. The smallest absolute Gasteiger partial charge is 0.0801 e. The summed E-state index contributed by atoms with van der Waals surface area (Å²) >= 11 is 5.72. The summed E-state index contributed by atoms with van der Waals surface area (Å²) in [5, 5.41) is 14.1. The van der Waals surface area contributed by atoms with Gasteiger partial charge in [-0.15, -0.1) is 22.7 Å². The van der Waals surface area contributed by atoms with Crippen LogP contribution in [0.1, 0.15) is 23.0 Å². The second kappa shape index (κ2) is 5.43. The Hall–Kier alpha value is 0.0900. The molecule has 0 fully saturated rings. The highest BCUT2D eigenvalue weighted by atomic mass is 127. The van der Waals surface area contributed by atoms with Gasteiger partial charge >= 0.3 is 0 Å². The van der Waals surface area contributed by atoms with Crippen LogP contribution in [0.5, 0.6) is 0 Å². The Bertz CT molecular complexity index is 408. The van der Waals surface area contributed by atoms with Crippen LogP contribution in [-0.4, -0.2) is 5.11 Å². The summed E-state index contributed by atoms with van der Waals surface area (Å²) in [6.45, 7) is 0. The van der Waals surface area contributed by atoms with Gasteiger partial charge in [-0.3, -0.25) is 0 Å². The fourth-order valence-electron chi connectivity index (χ4n) is 1.40. The molecule has 0 radical (unpaired) electrons. The van der Waals surface area contributed by atoms with Gasteiger partial charge in [0.25, 0.3) is 0 Å². The number of aliphatic hydroxyl groups is 1. The van der Waals surface area contributed by atoms with Crippen LogP contribution in [0.4, 0.5) is 0 Å². The SMILES string of the molecule is OC(CCc1cccs1)c1csc(I)c1. The lowest BCUT2D eigenvalue weighted by molar-refractivity contribution is 0.168. The largest absolute Gasteiger partial charge is 0.388 e. The number of hydrogen-bond acceptors (Lipinski definition) is 3. The third kappa shape index (κ3) is 3.27. The summed E-state index contributed by atoms with van der Waals surface area (Å²) in [6.07, 6.45) is 1.46. The molecule has 1 unspecified atom stereocenters. The Morgan fingerprint density at radius 2 is 2.27 bits per heavy atom. The highest BCUT2D eigenvalue weighted by Crippen LogP contribution is 2.26. The second-order valence-corrected chi connectivity index (χ2v) is 7.16. The van der Waals surface area contributed by atoms with Crippen molar-refractivity contribution >= 4 is 45.3 Å². The summed E-state index contributed by atoms with van der Waals surface area (Å²) in [4.78, 5) is 1.35. The molecule has 0 aliphatic rings. The molecule has 1 nitrogen and oxygen atoms in total. The van der Waals surface area contributed by atoms with Crippen LogP contribution in [0.3, 0.4) is 0 Å². The van der Waals surface area contributed by atoms with E-state index in [1.807, 2.05) is 5.38 Å². The minimum Gasteiger partial charge on any atom is -0.388 e. The molecule has 0 saturated heterocycles. The molecule has 1 atom stereocenters. The summed E-state index contributed by atoms with van der Waals surface area (Å²) in [6, 6.07) is 6.24. The number of halogens is 1. The van der Waals surface area contributed by atoms with Gasteiger partial charge < -0.3 is 5.11 Å². The molecule has 4 heteroatoms. The first-order chi connectivity index (χ1) is 7.25. The molecule has 2 aromatic rings. The first-order valence-electron chi connectivity index (χ1n) is 4.70. The van der Waals surface area contributed by atoms with E-state index in [0.29, 0.717) is 0 Å². The van der Waals surface area contributed by atoms with Gasteiger partial charge in [0.2, 0.25) is 0 Å². The molecule has 1 N–H and O–H groups in total. The average molecular weight is 350 g/mol. The summed E-state index contributed by atoms with van der Waals surface area (Å²) in [7, 11) is 0. The zero-order valence-electron chi connectivity index (χ0n) is 8.02. The van der Waals surface area contributed by atoms with Gasteiger partial charge in [0.05, 0.1) is 8.99 Å². The van der Waals surface area contributed by atoms with Crippen LogP contribution < -0.4 is 0 Å². The number of hydrogen-bond donors (Lipinski definition) is 1. The minimum absolute atomic E-state index is 0.313. The molecule has 0 aliphatic heterocycles. The topological polar surface area (TPSA) is 20.2 Å². The van der Waals surface area contributed by atoms with Crippen LogP contribution in [0.15, 0.2) is 29.0 Å². The van der Waals surface area contributed by atoms with Crippen molar-refractivity contribution in [2.24, 2.45) is 0 Å². The van der Waals surface area contributed by atoms with E-state index in [2.05, 4.69) is 46.2 Å². The maximum atomic E-state index is 9.94. The number of thiophene rings is 2. The normalized spacial score (nSPS) is 12.9. The molecule has 80 valence electrons.